The van der Waals surface area contributed by atoms with Crippen LogP contribution in [-0.4, -0.2) is 64.5 Å². The summed E-state index contributed by atoms with van der Waals surface area (Å²) < 4.78 is 7.27. The minimum Gasteiger partial charge on any atom is -0.444 e. The molecule has 3 heterocycles. The largest absolute Gasteiger partial charge is 0.444 e. The summed E-state index contributed by atoms with van der Waals surface area (Å²) in [5, 5.41) is 8.57. The van der Waals surface area contributed by atoms with Crippen LogP contribution >= 0.6 is 0 Å². The average molecular weight is 470 g/mol. The zero-order valence-electron chi connectivity index (χ0n) is 21.1. The molecule has 0 bridgehead atoms. The van der Waals surface area contributed by atoms with E-state index in [1.54, 1.807) is 4.90 Å². The molecule has 4 rings (SSSR count). The van der Waals surface area contributed by atoms with Gasteiger partial charge in [-0.3, -0.25) is 9.48 Å². The van der Waals surface area contributed by atoms with Crippen molar-refractivity contribution >= 4 is 28.6 Å². The summed E-state index contributed by atoms with van der Waals surface area (Å²) in [6.45, 7) is 8.91. The molecule has 8 heteroatoms. The number of nitrogens with zero attached hydrogens (tertiary/aromatic N) is 4. The Kier molecular flexibility index (Phi) is 7.33. The maximum absolute atomic E-state index is 13.1. The lowest BCUT2D eigenvalue weighted by Crippen LogP contribution is -2.47. The quantitative estimate of drug-likeness (QED) is 0.717. The van der Waals surface area contributed by atoms with Crippen LogP contribution in [0, 0.1) is 0 Å². The van der Waals surface area contributed by atoms with E-state index in [1.807, 2.05) is 38.6 Å². The first-order valence-electron chi connectivity index (χ1n) is 12.7. The van der Waals surface area contributed by atoms with Crippen molar-refractivity contribution in [3.8, 4) is 0 Å². The minimum atomic E-state index is -0.505. The molecule has 0 radical (unpaired) electrons. The van der Waals surface area contributed by atoms with Gasteiger partial charge in [-0.2, -0.15) is 5.10 Å². The third-order valence-corrected chi connectivity index (χ3v) is 6.75. The summed E-state index contributed by atoms with van der Waals surface area (Å²) in [6.07, 6.45) is 7.50. The number of nitrogens with one attached hydrogen (secondary N) is 1. The highest BCUT2D eigenvalue weighted by Gasteiger charge is 2.28. The number of likely N-dealkylation sites (tertiary alicyclic amines) is 1. The van der Waals surface area contributed by atoms with Crippen molar-refractivity contribution in [1.29, 1.82) is 0 Å². The number of anilines is 1. The molecule has 2 fully saturated rings. The lowest BCUT2D eigenvalue weighted by atomic mass is 10.0. The van der Waals surface area contributed by atoms with Gasteiger partial charge < -0.3 is 19.9 Å². The Hall–Kier alpha value is -2.77. The Morgan fingerprint density at radius 2 is 1.65 bits per heavy atom. The molecule has 0 saturated carbocycles. The van der Waals surface area contributed by atoms with Crippen LogP contribution in [0.5, 0.6) is 0 Å². The second kappa shape index (κ2) is 10.2. The Bertz CT molecular complexity index is 1010. The predicted octanol–water partition coefficient (Wildman–Crippen LogP) is 4.47. The molecule has 8 nitrogen and oxygen atoms in total. The molecule has 186 valence electrons. The van der Waals surface area contributed by atoms with E-state index < -0.39 is 5.60 Å². The van der Waals surface area contributed by atoms with Crippen LogP contribution in [0.3, 0.4) is 0 Å². The van der Waals surface area contributed by atoms with E-state index >= 15 is 0 Å². The first kappa shape index (κ1) is 24.4. The number of aromatic nitrogens is 2. The van der Waals surface area contributed by atoms with Crippen molar-refractivity contribution in [3.05, 3.63) is 23.9 Å². The second-order valence-corrected chi connectivity index (χ2v) is 10.6. The van der Waals surface area contributed by atoms with Crippen molar-refractivity contribution in [2.75, 3.05) is 31.1 Å². The smallest absolute Gasteiger partial charge is 0.410 e. The Labute approximate surface area is 202 Å². The fraction of sp³-hybridized carbons (Fsp3) is 0.654. The van der Waals surface area contributed by atoms with E-state index in [0.717, 1.165) is 24.0 Å². The van der Waals surface area contributed by atoms with Gasteiger partial charge in [0.25, 0.3) is 5.91 Å². The number of fused-ring (bicyclic) bond motifs is 1. The summed E-state index contributed by atoms with van der Waals surface area (Å²) >= 11 is 0. The summed E-state index contributed by atoms with van der Waals surface area (Å²) in [5.74, 6) is -0.152. The molecular weight excluding hydrogens is 430 g/mol. The minimum absolute atomic E-state index is 0.0172. The van der Waals surface area contributed by atoms with Gasteiger partial charge in [0.2, 0.25) is 0 Å². The molecule has 0 unspecified atom stereocenters. The van der Waals surface area contributed by atoms with Crippen LogP contribution < -0.4 is 10.2 Å². The van der Waals surface area contributed by atoms with E-state index in [0.29, 0.717) is 31.6 Å². The van der Waals surface area contributed by atoms with E-state index in [-0.39, 0.29) is 18.0 Å². The van der Waals surface area contributed by atoms with Gasteiger partial charge in [0.15, 0.2) is 5.69 Å². The van der Waals surface area contributed by atoms with Crippen LogP contribution in [0.2, 0.25) is 0 Å². The van der Waals surface area contributed by atoms with Gasteiger partial charge >= 0.3 is 6.09 Å². The highest BCUT2D eigenvalue weighted by Crippen LogP contribution is 2.26. The normalized spacial score (nSPS) is 18.5. The number of ether oxygens (including phenoxy) is 1. The Balaban J connectivity index is 1.40. The van der Waals surface area contributed by atoms with Crippen molar-refractivity contribution in [3.63, 3.8) is 0 Å². The van der Waals surface area contributed by atoms with Crippen LogP contribution in [0.1, 0.15) is 76.2 Å². The number of carbonyl (C=O) groups excluding carboxylic acids is 2. The number of aryl methyl sites for hydroxylation is 1. The zero-order valence-corrected chi connectivity index (χ0v) is 21.1. The number of piperidine rings is 1. The highest BCUT2D eigenvalue weighted by molar-refractivity contribution is 6.05. The van der Waals surface area contributed by atoms with E-state index in [2.05, 4.69) is 27.4 Å². The predicted molar refractivity (Wildman–Crippen MR) is 134 cm³/mol. The molecule has 2 saturated heterocycles. The van der Waals surface area contributed by atoms with E-state index in [1.165, 1.54) is 37.8 Å². The fourth-order valence-corrected chi connectivity index (χ4v) is 4.90. The zero-order chi connectivity index (χ0) is 24.3. The summed E-state index contributed by atoms with van der Waals surface area (Å²) in [7, 11) is 1.90. The molecule has 0 spiro atoms. The molecule has 0 atom stereocenters. The first-order chi connectivity index (χ1) is 16.2. The molecule has 1 aromatic heterocycles. The molecule has 2 amide bonds. The van der Waals surface area contributed by atoms with Gasteiger partial charge in [-0.25, -0.2) is 4.79 Å². The number of carbonyl (C=O) groups is 2. The van der Waals surface area contributed by atoms with Gasteiger partial charge in [0.05, 0.1) is 5.52 Å². The highest BCUT2D eigenvalue weighted by atomic mass is 16.6. The molecule has 0 aliphatic carbocycles. The van der Waals surface area contributed by atoms with Crippen LogP contribution in [0.4, 0.5) is 10.5 Å². The van der Waals surface area contributed by atoms with Gasteiger partial charge in [-0.1, -0.05) is 19.3 Å². The van der Waals surface area contributed by atoms with E-state index in [9.17, 15) is 9.59 Å². The van der Waals surface area contributed by atoms with Gasteiger partial charge in [0, 0.05) is 50.3 Å². The van der Waals surface area contributed by atoms with Crippen LogP contribution in [-0.2, 0) is 11.8 Å². The number of benzene rings is 1. The third kappa shape index (κ3) is 5.83. The Morgan fingerprint density at radius 1 is 1.00 bits per heavy atom. The molecule has 1 N–H and O–H groups in total. The number of amides is 2. The monoisotopic (exact) mass is 469 g/mol. The first-order valence-corrected chi connectivity index (χ1v) is 12.7. The van der Waals surface area contributed by atoms with Crippen molar-refractivity contribution < 1.29 is 14.3 Å². The van der Waals surface area contributed by atoms with Gasteiger partial charge in [-0.15, -0.1) is 0 Å². The number of hydrogen-bond acceptors (Lipinski definition) is 5. The average Bonchev–Trinajstić information content (AvgIpc) is 3.09. The molecule has 1 aromatic carbocycles. The van der Waals surface area contributed by atoms with Gasteiger partial charge in [0.1, 0.15) is 5.60 Å². The standard InChI is InChI=1S/C26H39N5O3/c1-26(2,3)34-25(33)31-16-12-19(13-17-31)27-24(32)23-21-11-10-20(18-22(21)29(4)28-23)30-14-8-6-5-7-9-15-30/h10-11,18-19H,5-9,12-17H2,1-4H3,(H,27,32). The maximum atomic E-state index is 13.1. The SMILES string of the molecule is Cn1nc(C(=O)NC2CCN(C(=O)OC(C)(C)C)CC2)c2ccc(N3CCCCCCC3)cc21. The third-order valence-electron chi connectivity index (χ3n) is 6.75. The summed E-state index contributed by atoms with van der Waals surface area (Å²) in [5.41, 5.74) is 2.14. The van der Waals surface area contributed by atoms with Crippen LogP contribution in [0.25, 0.3) is 10.9 Å². The van der Waals surface area contributed by atoms with Gasteiger partial charge in [-0.05, 0) is 64.7 Å². The van der Waals surface area contributed by atoms with Crippen molar-refractivity contribution in [1.82, 2.24) is 20.0 Å². The molecule has 34 heavy (non-hydrogen) atoms. The Morgan fingerprint density at radius 3 is 2.29 bits per heavy atom. The molecule has 2 aromatic rings. The van der Waals surface area contributed by atoms with Crippen molar-refractivity contribution in [2.45, 2.75) is 77.4 Å². The van der Waals surface area contributed by atoms with E-state index in [4.69, 9.17) is 4.74 Å². The molecule has 2 aliphatic rings. The van der Waals surface area contributed by atoms with Crippen LogP contribution in [0.15, 0.2) is 18.2 Å². The number of rotatable bonds is 3. The molecule has 2 aliphatic heterocycles. The fourth-order valence-electron chi connectivity index (χ4n) is 4.90. The lowest BCUT2D eigenvalue weighted by molar-refractivity contribution is 0.0199. The van der Waals surface area contributed by atoms with Crippen molar-refractivity contribution in [2.24, 2.45) is 7.05 Å². The lowest BCUT2D eigenvalue weighted by Gasteiger charge is -2.33. The molecular formula is C26H39N5O3. The topological polar surface area (TPSA) is 79.7 Å². The number of hydrogen-bond donors (Lipinski definition) is 1. The summed E-state index contributed by atoms with van der Waals surface area (Å²) in [6, 6.07) is 6.35. The maximum Gasteiger partial charge on any atom is 0.410 e. The second-order valence-electron chi connectivity index (χ2n) is 10.6. The summed E-state index contributed by atoms with van der Waals surface area (Å²) in [4.78, 5) is 29.6.